The molecule has 2 heterocycles. The number of carbonyl (C=O) groups is 4. The highest BCUT2D eigenvalue weighted by atomic mass is 16.2. The van der Waals surface area contributed by atoms with Crippen LogP contribution >= 0.6 is 0 Å². The summed E-state index contributed by atoms with van der Waals surface area (Å²) in [5, 5.41) is 5.60. The number of imide groups is 2. The molecule has 2 unspecified atom stereocenters. The largest absolute Gasteiger partial charge is 0.382 e. The van der Waals surface area contributed by atoms with Crippen LogP contribution in [0, 0.1) is 5.41 Å². The van der Waals surface area contributed by atoms with E-state index in [1.54, 1.807) is 18.2 Å². The molecule has 140 valence electrons. The standard InChI is InChI=1S/C19H20N4O4/c20-14-8-19(14)6-10(7-19)21-9-1-2-11-12(5-9)18(27)23(17(11)26)13-3-4-15(24)22-16(13)25/h1-2,5,10,13-14,21H,3-4,6-8,20H2,(H,22,24,25). The topological polar surface area (TPSA) is 122 Å². The summed E-state index contributed by atoms with van der Waals surface area (Å²) >= 11 is 0. The Kier molecular flexibility index (Phi) is 3.28. The van der Waals surface area contributed by atoms with Crippen LogP contribution in [-0.4, -0.2) is 46.7 Å². The van der Waals surface area contributed by atoms with Crippen molar-refractivity contribution in [1.29, 1.82) is 0 Å². The zero-order valence-electron chi connectivity index (χ0n) is 14.7. The molecule has 2 aliphatic heterocycles. The molecule has 2 saturated carbocycles. The highest BCUT2D eigenvalue weighted by molar-refractivity contribution is 6.23. The van der Waals surface area contributed by atoms with Gasteiger partial charge < -0.3 is 11.1 Å². The molecule has 1 aromatic carbocycles. The zero-order valence-corrected chi connectivity index (χ0v) is 14.7. The second kappa shape index (κ2) is 5.39. The lowest BCUT2D eigenvalue weighted by atomic mass is 9.76. The first-order valence-corrected chi connectivity index (χ1v) is 9.26. The number of amides is 4. The molecule has 1 saturated heterocycles. The van der Waals surface area contributed by atoms with Crippen LogP contribution in [0.4, 0.5) is 5.69 Å². The Balaban J connectivity index is 1.34. The van der Waals surface area contributed by atoms with Gasteiger partial charge in [0.2, 0.25) is 11.8 Å². The number of rotatable bonds is 3. The van der Waals surface area contributed by atoms with Crippen molar-refractivity contribution in [3.8, 4) is 0 Å². The van der Waals surface area contributed by atoms with Gasteiger partial charge in [0.15, 0.2) is 0 Å². The van der Waals surface area contributed by atoms with Gasteiger partial charge in [0, 0.05) is 24.2 Å². The first-order valence-electron chi connectivity index (χ1n) is 9.26. The molecule has 1 aromatic rings. The van der Waals surface area contributed by atoms with Crippen LogP contribution in [0.1, 0.15) is 52.8 Å². The molecule has 8 nitrogen and oxygen atoms in total. The number of carbonyl (C=O) groups excluding carboxylic acids is 4. The maximum absolute atomic E-state index is 12.8. The normalized spacial score (nSPS) is 34.4. The van der Waals surface area contributed by atoms with E-state index in [0.29, 0.717) is 28.6 Å². The van der Waals surface area contributed by atoms with Gasteiger partial charge in [-0.25, -0.2) is 0 Å². The predicted molar refractivity (Wildman–Crippen MR) is 94.8 cm³/mol. The fourth-order valence-electron chi connectivity index (χ4n) is 4.67. The summed E-state index contributed by atoms with van der Waals surface area (Å²) in [7, 11) is 0. The van der Waals surface area contributed by atoms with E-state index >= 15 is 0 Å². The van der Waals surface area contributed by atoms with Gasteiger partial charge in [-0.1, -0.05) is 0 Å². The minimum Gasteiger partial charge on any atom is -0.382 e. The van der Waals surface area contributed by atoms with E-state index in [1.807, 2.05) is 0 Å². The van der Waals surface area contributed by atoms with Gasteiger partial charge >= 0.3 is 0 Å². The molecule has 4 aliphatic rings. The van der Waals surface area contributed by atoms with E-state index in [1.165, 1.54) is 0 Å². The van der Waals surface area contributed by atoms with Gasteiger partial charge in [-0.3, -0.25) is 29.4 Å². The molecule has 1 spiro atoms. The monoisotopic (exact) mass is 368 g/mol. The van der Waals surface area contributed by atoms with Gasteiger partial charge in [0.05, 0.1) is 11.1 Å². The lowest BCUT2D eigenvalue weighted by Crippen LogP contribution is -2.54. The molecule has 5 rings (SSSR count). The first-order chi connectivity index (χ1) is 12.9. The SMILES string of the molecule is NC1CC12CC(Nc1ccc3c(c1)C(=O)N(C1CCC(=O)NC1=O)C3=O)C2. The molecule has 8 heteroatoms. The summed E-state index contributed by atoms with van der Waals surface area (Å²) < 4.78 is 0. The zero-order chi connectivity index (χ0) is 18.9. The smallest absolute Gasteiger partial charge is 0.262 e. The van der Waals surface area contributed by atoms with Crippen LogP contribution < -0.4 is 16.4 Å². The Bertz CT molecular complexity index is 905. The van der Waals surface area contributed by atoms with Crippen LogP contribution in [-0.2, 0) is 9.59 Å². The van der Waals surface area contributed by atoms with Crippen LogP contribution in [0.2, 0.25) is 0 Å². The number of hydrogen-bond acceptors (Lipinski definition) is 6. The summed E-state index contributed by atoms with van der Waals surface area (Å²) in [6, 6.07) is 4.80. The van der Waals surface area contributed by atoms with E-state index in [9.17, 15) is 19.2 Å². The fourth-order valence-corrected chi connectivity index (χ4v) is 4.67. The van der Waals surface area contributed by atoms with Crippen molar-refractivity contribution in [1.82, 2.24) is 10.2 Å². The van der Waals surface area contributed by atoms with Crippen molar-refractivity contribution in [2.75, 3.05) is 5.32 Å². The summed E-state index contributed by atoms with van der Waals surface area (Å²) in [6.07, 6.45) is 3.41. The molecular formula is C19H20N4O4. The molecule has 0 bridgehead atoms. The molecule has 4 amide bonds. The summed E-state index contributed by atoms with van der Waals surface area (Å²) in [5.41, 5.74) is 7.66. The molecule has 0 radical (unpaired) electrons. The van der Waals surface area contributed by atoms with E-state index in [0.717, 1.165) is 29.8 Å². The third-order valence-electron chi connectivity index (χ3n) is 6.37. The molecular weight excluding hydrogens is 348 g/mol. The molecule has 2 aliphatic carbocycles. The van der Waals surface area contributed by atoms with E-state index in [2.05, 4.69) is 10.6 Å². The maximum atomic E-state index is 12.8. The average molecular weight is 368 g/mol. The number of anilines is 1. The van der Waals surface area contributed by atoms with Crippen molar-refractivity contribution in [2.24, 2.45) is 11.1 Å². The molecule has 4 N–H and O–H groups in total. The van der Waals surface area contributed by atoms with Crippen molar-refractivity contribution >= 4 is 29.3 Å². The van der Waals surface area contributed by atoms with Gasteiger partial charge in [0.1, 0.15) is 6.04 Å². The van der Waals surface area contributed by atoms with E-state index < -0.39 is 23.8 Å². The highest BCUT2D eigenvalue weighted by Crippen LogP contribution is 2.60. The Morgan fingerprint density at radius 3 is 2.44 bits per heavy atom. The Morgan fingerprint density at radius 2 is 1.78 bits per heavy atom. The summed E-state index contributed by atoms with van der Waals surface area (Å²) in [6.45, 7) is 0. The lowest BCUT2D eigenvalue weighted by molar-refractivity contribution is -0.136. The van der Waals surface area contributed by atoms with Crippen LogP contribution in [0.25, 0.3) is 0 Å². The third-order valence-corrected chi connectivity index (χ3v) is 6.37. The van der Waals surface area contributed by atoms with Crippen molar-refractivity contribution in [2.45, 2.75) is 50.2 Å². The van der Waals surface area contributed by atoms with Crippen molar-refractivity contribution < 1.29 is 19.2 Å². The van der Waals surface area contributed by atoms with Gasteiger partial charge in [-0.15, -0.1) is 0 Å². The van der Waals surface area contributed by atoms with Crippen LogP contribution in [0.5, 0.6) is 0 Å². The number of nitrogens with one attached hydrogen (secondary N) is 2. The molecule has 2 atom stereocenters. The van der Waals surface area contributed by atoms with Gasteiger partial charge in [-0.05, 0) is 49.3 Å². The number of benzene rings is 1. The van der Waals surface area contributed by atoms with Crippen molar-refractivity contribution in [3.63, 3.8) is 0 Å². The van der Waals surface area contributed by atoms with Gasteiger partial charge in [0.25, 0.3) is 11.8 Å². The number of hydrogen-bond donors (Lipinski definition) is 3. The first kappa shape index (κ1) is 16.4. The number of nitrogens with two attached hydrogens (primary N) is 1. The predicted octanol–water partition coefficient (Wildman–Crippen LogP) is 0.379. The summed E-state index contributed by atoms with van der Waals surface area (Å²) in [5.74, 6) is -1.95. The lowest BCUT2D eigenvalue weighted by Gasteiger charge is -2.37. The molecule has 3 fully saturated rings. The molecule has 0 aromatic heterocycles. The minimum absolute atomic E-state index is 0.113. The number of fused-ring (bicyclic) bond motifs is 1. The highest BCUT2D eigenvalue weighted by Gasteiger charge is 2.59. The second-order valence-electron chi connectivity index (χ2n) is 8.13. The Morgan fingerprint density at radius 1 is 1.07 bits per heavy atom. The maximum Gasteiger partial charge on any atom is 0.262 e. The fraction of sp³-hybridized carbons (Fsp3) is 0.474. The third kappa shape index (κ3) is 2.39. The van der Waals surface area contributed by atoms with E-state index in [-0.39, 0.29) is 18.7 Å². The van der Waals surface area contributed by atoms with E-state index in [4.69, 9.17) is 5.73 Å². The van der Waals surface area contributed by atoms with Crippen LogP contribution in [0.3, 0.4) is 0 Å². The summed E-state index contributed by atoms with van der Waals surface area (Å²) in [4.78, 5) is 49.9. The molecule has 27 heavy (non-hydrogen) atoms. The quantitative estimate of drug-likeness (QED) is 0.663. The number of nitrogens with zero attached hydrogens (tertiary/aromatic N) is 1. The Hall–Kier alpha value is -2.74. The second-order valence-corrected chi connectivity index (χ2v) is 8.13. The Labute approximate surface area is 155 Å². The average Bonchev–Trinajstić information content (AvgIpc) is 3.20. The number of piperidine rings is 1. The minimum atomic E-state index is -0.936. The van der Waals surface area contributed by atoms with Gasteiger partial charge in [-0.2, -0.15) is 0 Å². The van der Waals surface area contributed by atoms with Crippen LogP contribution in [0.15, 0.2) is 18.2 Å². The van der Waals surface area contributed by atoms with Crippen molar-refractivity contribution in [3.05, 3.63) is 29.3 Å².